The molecule has 0 aromatic carbocycles. The molecule has 0 saturated heterocycles. The minimum Gasteiger partial charge on any atom is -0.494 e. The SMILES string of the molecule is C#CCCC.CCCOc1cc2cc-2c1. The molecule has 0 N–H and O–H groups in total. The van der Waals surface area contributed by atoms with Crippen LogP contribution in [0.1, 0.15) is 33.1 Å². The highest BCUT2D eigenvalue weighted by atomic mass is 16.5. The second-order valence-electron chi connectivity index (χ2n) is 3.55. The number of hydrogen-bond donors (Lipinski definition) is 0. The number of rotatable bonds is 4. The van der Waals surface area contributed by atoms with Gasteiger partial charge in [0, 0.05) is 6.42 Å². The molecular weight excluding hydrogens is 184 g/mol. The average Bonchev–Trinajstić information content (AvgIpc) is 2.86. The van der Waals surface area contributed by atoms with Crippen LogP contribution in [-0.2, 0) is 0 Å². The Bertz CT molecular complexity index is 327. The predicted octanol–water partition coefficient (Wildman–Crippen LogP) is 3.88. The summed E-state index contributed by atoms with van der Waals surface area (Å²) in [5.41, 5.74) is 2.71. The molecule has 1 nitrogen and oxygen atoms in total. The maximum absolute atomic E-state index is 5.40. The van der Waals surface area contributed by atoms with Crippen molar-refractivity contribution in [3.8, 4) is 29.2 Å². The smallest absolute Gasteiger partial charge is 0.120 e. The van der Waals surface area contributed by atoms with Crippen LogP contribution in [0.15, 0.2) is 18.2 Å². The Morgan fingerprint density at radius 2 is 1.80 bits per heavy atom. The molecule has 80 valence electrons. The molecule has 0 heterocycles. The molecule has 0 bridgehead atoms. The highest BCUT2D eigenvalue weighted by molar-refractivity contribution is 5.83. The third-order valence-corrected chi connectivity index (χ3v) is 2.02. The van der Waals surface area contributed by atoms with Crippen LogP contribution in [0.2, 0.25) is 0 Å². The van der Waals surface area contributed by atoms with Gasteiger partial charge in [0.15, 0.2) is 0 Å². The van der Waals surface area contributed by atoms with E-state index in [0.717, 1.165) is 31.6 Å². The van der Waals surface area contributed by atoms with Gasteiger partial charge in [-0.25, -0.2) is 0 Å². The van der Waals surface area contributed by atoms with E-state index >= 15 is 0 Å². The molecule has 15 heavy (non-hydrogen) atoms. The third kappa shape index (κ3) is 4.08. The summed E-state index contributed by atoms with van der Waals surface area (Å²) in [6.45, 7) is 5.02. The maximum atomic E-state index is 5.40. The van der Waals surface area contributed by atoms with Crippen LogP contribution >= 0.6 is 0 Å². The Morgan fingerprint density at radius 3 is 2.20 bits per heavy atom. The van der Waals surface area contributed by atoms with Crippen molar-refractivity contribution < 1.29 is 4.74 Å². The monoisotopic (exact) mass is 202 g/mol. The zero-order valence-corrected chi connectivity index (χ0v) is 9.55. The summed E-state index contributed by atoms with van der Waals surface area (Å²) in [4.78, 5) is 0. The molecule has 2 aliphatic rings. The number of fused-ring (bicyclic) bond motifs is 1. The fourth-order valence-electron chi connectivity index (χ4n) is 1.18. The van der Waals surface area contributed by atoms with Crippen molar-refractivity contribution in [2.24, 2.45) is 0 Å². The summed E-state index contributed by atoms with van der Waals surface area (Å²) in [5, 5.41) is 0. The van der Waals surface area contributed by atoms with E-state index in [4.69, 9.17) is 11.2 Å². The van der Waals surface area contributed by atoms with Crippen molar-refractivity contribution in [1.82, 2.24) is 0 Å². The van der Waals surface area contributed by atoms with Gasteiger partial charge >= 0.3 is 0 Å². The maximum Gasteiger partial charge on any atom is 0.120 e. The zero-order chi connectivity index (χ0) is 11.1. The number of unbranched alkanes of at least 4 members (excludes halogenated alkanes) is 1. The molecule has 0 atom stereocenters. The van der Waals surface area contributed by atoms with Gasteiger partial charge in [0.1, 0.15) is 5.75 Å². The van der Waals surface area contributed by atoms with Gasteiger partial charge in [0.05, 0.1) is 6.61 Å². The van der Waals surface area contributed by atoms with Crippen molar-refractivity contribution >= 4 is 0 Å². The minimum absolute atomic E-state index is 0.836. The summed E-state index contributed by atoms with van der Waals surface area (Å²) in [6.07, 6.45) is 8.00. The minimum atomic E-state index is 0.836. The van der Waals surface area contributed by atoms with Crippen LogP contribution in [0.4, 0.5) is 0 Å². The molecule has 0 radical (unpaired) electrons. The lowest BCUT2D eigenvalue weighted by atomic mass is 10.4. The Labute approximate surface area is 92.5 Å². The predicted molar refractivity (Wildman–Crippen MR) is 65.0 cm³/mol. The van der Waals surface area contributed by atoms with E-state index in [2.05, 4.69) is 38.0 Å². The molecule has 0 spiro atoms. The van der Waals surface area contributed by atoms with Crippen LogP contribution in [0, 0.1) is 12.3 Å². The number of benzene rings is 1. The summed E-state index contributed by atoms with van der Waals surface area (Å²) in [5.74, 6) is 3.55. The van der Waals surface area contributed by atoms with Crippen LogP contribution in [0.5, 0.6) is 5.75 Å². The number of terminal acetylenes is 1. The van der Waals surface area contributed by atoms with Crippen molar-refractivity contribution in [2.45, 2.75) is 33.1 Å². The van der Waals surface area contributed by atoms with E-state index in [-0.39, 0.29) is 0 Å². The van der Waals surface area contributed by atoms with Gasteiger partial charge in [-0.1, -0.05) is 13.8 Å². The molecule has 0 aliphatic heterocycles. The number of ether oxygens (including phenoxy) is 1. The molecule has 0 amide bonds. The lowest BCUT2D eigenvalue weighted by molar-refractivity contribution is 0.318. The molecule has 0 aromatic rings. The summed E-state index contributed by atoms with van der Waals surface area (Å²) < 4.78 is 5.40. The molecule has 2 aliphatic carbocycles. The van der Waals surface area contributed by atoms with Gasteiger partial charge in [-0.15, -0.1) is 12.3 Å². The molecular formula is C14H18O. The number of hydrogen-bond acceptors (Lipinski definition) is 1. The highest BCUT2D eigenvalue weighted by Crippen LogP contribution is 2.39. The van der Waals surface area contributed by atoms with E-state index in [1.54, 1.807) is 0 Å². The van der Waals surface area contributed by atoms with E-state index in [0.29, 0.717) is 0 Å². The van der Waals surface area contributed by atoms with Crippen LogP contribution in [-0.4, -0.2) is 6.61 Å². The summed E-state index contributed by atoms with van der Waals surface area (Å²) >= 11 is 0. The van der Waals surface area contributed by atoms with Gasteiger partial charge in [-0.3, -0.25) is 0 Å². The van der Waals surface area contributed by atoms with Gasteiger partial charge in [-0.05, 0) is 42.2 Å². The lowest BCUT2D eigenvalue weighted by Gasteiger charge is -1.98. The molecule has 1 heteroatoms. The second kappa shape index (κ2) is 6.14. The summed E-state index contributed by atoms with van der Waals surface area (Å²) in [7, 11) is 0. The average molecular weight is 202 g/mol. The Balaban J connectivity index is 0.000000195. The first kappa shape index (κ1) is 11.7. The molecule has 0 aromatic heterocycles. The van der Waals surface area contributed by atoms with E-state index in [1.807, 2.05) is 0 Å². The van der Waals surface area contributed by atoms with Crippen molar-refractivity contribution in [3.63, 3.8) is 0 Å². The lowest BCUT2D eigenvalue weighted by Crippen LogP contribution is -1.92. The third-order valence-electron chi connectivity index (χ3n) is 2.02. The molecule has 0 fully saturated rings. The fraction of sp³-hybridized carbons (Fsp3) is 0.429. The first-order chi connectivity index (χ1) is 7.31. The highest BCUT2D eigenvalue weighted by Gasteiger charge is 2.14. The van der Waals surface area contributed by atoms with Gasteiger partial charge in [0.25, 0.3) is 0 Å². The molecule has 0 saturated carbocycles. The fourth-order valence-corrected chi connectivity index (χ4v) is 1.18. The van der Waals surface area contributed by atoms with E-state index in [9.17, 15) is 0 Å². The normalized spacial score (nSPS) is 9.67. The Hall–Kier alpha value is -1.42. The first-order valence-electron chi connectivity index (χ1n) is 5.53. The second-order valence-corrected chi connectivity index (χ2v) is 3.55. The quantitative estimate of drug-likeness (QED) is 0.684. The van der Waals surface area contributed by atoms with Crippen LogP contribution in [0.25, 0.3) is 11.1 Å². The Morgan fingerprint density at radius 1 is 1.13 bits per heavy atom. The Kier molecular flexibility index (Phi) is 4.77. The largest absolute Gasteiger partial charge is 0.494 e. The van der Waals surface area contributed by atoms with E-state index in [1.165, 1.54) is 11.1 Å². The van der Waals surface area contributed by atoms with Crippen LogP contribution < -0.4 is 4.74 Å². The zero-order valence-electron chi connectivity index (χ0n) is 9.55. The molecule has 2 rings (SSSR count). The van der Waals surface area contributed by atoms with Gasteiger partial charge in [0.2, 0.25) is 0 Å². The molecule has 0 unspecified atom stereocenters. The summed E-state index contributed by atoms with van der Waals surface area (Å²) in [6, 6.07) is 6.33. The van der Waals surface area contributed by atoms with Gasteiger partial charge < -0.3 is 4.74 Å². The standard InChI is InChI=1S/C9H10O.C5H8/c1-2-3-10-9-5-7-4-8(7)6-9;1-3-5-4-2/h4-6H,2-3H2,1H3;1H,4-5H2,2H3. The van der Waals surface area contributed by atoms with Gasteiger partial charge in [-0.2, -0.15) is 0 Å². The first-order valence-corrected chi connectivity index (χ1v) is 5.53. The van der Waals surface area contributed by atoms with Crippen molar-refractivity contribution in [2.75, 3.05) is 6.61 Å². The van der Waals surface area contributed by atoms with Crippen molar-refractivity contribution in [3.05, 3.63) is 18.2 Å². The van der Waals surface area contributed by atoms with E-state index < -0.39 is 0 Å². The topological polar surface area (TPSA) is 9.23 Å². The van der Waals surface area contributed by atoms with Crippen molar-refractivity contribution in [1.29, 1.82) is 0 Å². The van der Waals surface area contributed by atoms with Crippen LogP contribution in [0.3, 0.4) is 0 Å².